The SMILES string of the molecule is CCOC(=O)C(C)(CC)Oc1ccc(OCCCc2ccc(OSC)cc2)cc1. The van der Waals surface area contributed by atoms with Gasteiger partial charge >= 0.3 is 5.97 Å². The van der Waals surface area contributed by atoms with E-state index in [2.05, 4.69) is 12.1 Å². The van der Waals surface area contributed by atoms with Crippen molar-refractivity contribution in [3.8, 4) is 17.2 Å². The van der Waals surface area contributed by atoms with E-state index in [0.29, 0.717) is 25.4 Å². The molecule has 0 N–H and O–H groups in total. The topological polar surface area (TPSA) is 54.0 Å². The molecule has 0 saturated heterocycles. The van der Waals surface area contributed by atoms with Gasteiger partial charge in [-0.3, -0.25) is 0 Å². The van der Waals surface area contributed by atoms with Crippen LogP contribution in [0.4, 0.5) is 0 Å². The standard InChI is InChI=1S/C23H30O5S/c1-5-23(3,22(24)25-6-2)27-20-15-13-19(14-16-20)26-17-7-8-18-9-11-21(12-10-18)28-29-4/h9-16H,5-8,17H2,1-4H3. The number of esters is 1. The Hall–Kier alpha value is -2.34. The molecule has 158 valence electrons. The van der Waals surface area contributed by atoms with E-state index in [0.717, 1.165) is 24.3 Å². The van der Waals surface area contributed by atoms with E-state index in [4.69, 9.17) is 18.4 Å². The van der Waals surface area contributed by atoms with Crippen molar-refractivity contribution in [2.75, 3.05) is 19.5 Å². The van der Waals surface area contributed by atoms with E-state index >= 15 is 0 Å². The highest BCUT2D eigenvalue weighted by atomic mass is 32.2. The minimum absolute atomic E-state index is 0.334. The fourth-order valence-corrected chi connectivity index (χ4v) is 2.98. The van der Waals surface area contributed by atoms with Crippen molar-refractivity contribution < 1.29 is 23.2 Å². The van der Waals surface area contributed by atoms with E-state index in [-0.39, 0.29) is 5.97 Å². The molecule has 0 spiro atoms. The van der Waals surface area contributed by atoms with Gasteiger partial charge in [0.1, 0.15) is 17.2 Å². The lowest BCUT2D eigenvalue weighted by molar-refractivity contribution is -0.160. The molecule has 5 nitrogen and oxygen atoms in total. The van der Waals surface area contributed by atoms with Crippen molar-refractivity contribution >= 4 is 18.0 Å². The fourth-order valence-electron chi connectivity index (χ4n) is 2.68. The van der Waals surface area contributed by atoms with E-state index in [1.165, 1.54) is 17.6 Å². The number of carbonyl (C=O) groups excluding carboxylic acids is 1. The molecule has 2 rings (SSSR count). The summed E-state index contributed by atoms with van der Waals surface area (Å²) in [7, 11) is 0. The van der Waals surface area contributed by atoms with Crippen LogP contribution in [0.25, 0.3) is 0 Å². The molecule has 0 amide bonds. The van der Waals surface area contributed by atoms with Crippen molar-refractivity contribution in [1.29, 1.82) is 0 Å². The summed E-state index contributed by atoms with van der Waals surface area (Å²) in [5.74, 6) is 1.90. The molecule has 0 fully saturated rings. The average Bonchev–Trinajstić information content (AvgIpc) is 2.74. The summed E-state index contributed by atoms with van der Waals surface area (Å²) in [5, 5.41) is 0. The Kier molecular flexibility index (Phi) is 9.19. The number of hydrogen-bond donors (Lipinski definition) is 0. The zero-order chi connectivity index (χ0) is 21.1. The maximum atomic E-state index is 12.1. The van der Waals surface area contributed by atoms with Crippen LogP contribution in [-0.2, 0) is 16.0 Å². The van der Waals surface area contributed by atoms with Gasteiger partial charge in [0, 0.05) is 6.26 Å². The van der Waals surface area contributed by atoms with Crippen LogP contribution in [0.3, 0.4) is 0 Å². The second-order valence-corrected chi connectivity index (χ2v) is 7.22. The van der Waals surface area contributed by atoms with E-state index in [1.54, 1.807) is 13.8 Å². The maximum absolute atomic E-state index is 12.1. The number of aryl methyl sites for hydroxylation is 1. The van der Waals surface area contributed by atoms with Crippen molar-refractivity contribution in [3.05, 3.63) is 54.1 Å². The highest BCUT2D eigenvalue weighted by Crippen LogP contribution is 2.25. The first-order chi connectivity index (χ1) is 14.0. The van der Waals surface area contributed by atoms with E-state index in [1.807, 2.05) is 49.6 Å². The highest BCUT2D eigenvalue weighted by molar-refractivity contribution is 7.94. The van der Waals surface area contributed by atoms with Gasteiger partial charge in [0.15, 0.2) is 0 Å². The summed E-state index contributed by atoms with van der Waals surface area (Å²) in [6.45, 7) is 6.39. The Morgan fingerprint density at radius 3 is 2.17 bits per heavy atom. The Morgan fingerprint density at radius 1 is 0.966 bits per heavy atom. The van der Waals surface area contributed by atoms with E-state index < -0.39 is 5.60 Å². The van der Waals surface area contributed by atoms with Crippen LogP contribution in [0.15, 0.2) is 48.5 Å². The van der Waals surface area contributed by atoms with Gasteiger partial charge in [0.05, 0.1) is 25.3 Å². The highest BCUT2D eigenvalue weighted by Gasteiger charge is 2.35. The third-order valence-corrected chi connectivity index (χ3v) is 4.89. The zero-order valence-corrected chi connectivity index (χ0v) is 18.4. The molecular weight excluding hydrogens is 388 g/mol. The first-order valence-corrected chi connectivity index (χ1v) is 11.0. The lowest BCUT2D eigenvalue weighted by Crippen LogP contribution is -2.42. The monoisotopic (exact) mass is 418 g/mol. The van der Waals surface area contributed by atoms with Gasteiger partial charge in [0.2, 0.25) is 5.60 Å². The minimum atomic E-state index is -0.991. The van der Waals surface area contributed by atoms with Crippen molar-refractivity contribution in [1.82, 2.24) is 0 Å². The van der Waals surface area contributed by atoms with Gasteiger partial charge in [-0.25, -0.2) is 4.79 Å². The summed E-state index contributed by atoms with van der Waals surface area (Å²) in [5.41, 5.74) is 0.262. The lowest BCUT2D eigenvalue weighted by Gasteiger charge is -2.27. The average molecular weight is 419 g/mol. The Morgan fingerprint density at radius 2 is 1.59 bits per heavy atom. The van der Waals surface area contributed by atoms with Gasteiger partial charge in [0.25, 0.3) is 0 Å². The number of rotatable bonds is 12. The number of hydrogen-bond acceptors (Lipinski definition) is 6. The van der Waals surface area contributed by atoms with Gasteiger partial charge in [-0.1, -0.05) is 19.1 Å². The molecule has 0 bridgehead atoms. The summed E-state index contributed by atoms with van der Waals surface area (Å²) in [6, 6.07) is 15.4. The third-order valence-electron chi connectivity index (χ3n) is 4.53. The molecule has 29 heavy (non-hydrogen) atoms. The van der Waals surface area contributed by atoms with E-state index in [9.17, 15) is 4.79 Å². The molecule has 2 aromatic carbocycles. The molecule has 6 heteroatoms. The second-order valence-electron chi connectivity index (χ2n) is 6.72. The van der Waals surface area contributed by atoms with Gasteiger partial charge < -0.3 is 18.4 Å². The van der Waals surface area contributed by atoms with Crippen molar-refractivity contribution in [2.45, 2.75) is 45.6 Å². The quantitative estimate of drug-likeness (QED) is 0.259. The minimum Gasteiger partial charge on any atom is -0.494 e. The smallest absolute Gasteiger partial charge is 0.350 e. The fraction of sp³-hybridized carbons (Fsp3) is 0.435. The van der Waals surface area contributed by atoms with Crippen LogP contribution < -0.4 is 13.7 Å². The molecule has 0 aromatic heterocycles. The summed E-state index contributed by atoms with van der Waals surface area (Å²) >= 11 is 1.34. The second kappa shape index (κ2) is 11.6. The number of ether oxygens (including phenoxy) is 3. The predicted molar refractivity (Wildman–Crippen MR) is 117 cm³/mol. The normalized spacial score (nSPS) is 12.7. The van der Waals surface area contributed by atoms with Crippen LogP contribution in [0.1, 0.15) is 39.2 Å². The Bertz CT molecular complexity index is 745. The number of carbonyl (C=O) groups is 1. The molecule has 0 saturated carbocycles. The summed E-state index contributed by atoms with van der Waals surface area (Å²) in [6.07, 6.45) is 4.27. The van der Waals surface area contributed by atoms with Crippen LogP contribution in [-0.4, -0.2) is 31.0 Å². The first kappa shape index (κ1) is 22.9. The zero-order valence-electron chi connectivity index (χ0n) is 17.6. The van der Waals surface area contributed by atoms with Gasteiger partial charge in [-0.05, 0) is 75.1 Å². The van der Waals surface area contributed by atoms with Crippen LogP contribution in [0.5, 0.6) is 17.2 Å². The molecule has 2 aromatic rings. The largest absolute Gasteiger partial charge is 0.494 e. The molecule has 0 aliphatic rings. The Balaban J connectivity index is 1.79. The number of benzene rings is 2. The Labute approximate surface area is 177 Å². The predicted octanol–water partition coefficient (Wildman–Crippen LogP) is 5.47. The summed E-state index contributed by atoms with van der Waals surface area (Å²) < 4.78 is 22.2. The molecule has 0 aliphatic carbocycles. The van der Waals surface area contributed by atoms with Crippen molar-refractivity contribution in [2.24, 2.45) is 0 Å². The van der Waals surface area contributed by atoms with Gasteiger partial charge in [-0.2, -0.15) is 0 Å². The first-order valence-electron chi connectivity index (χ1n) is 9.89. The summed E-state index contributed by atoms with van der Waals surface area (Å²) in [4.78, 5) is 12.1. The molecule has 1 atom stereocenters. The van der Waals surface area contributed by atoms with Crippen molar-refractivity contribution in [3.63, 3.8) is 0 Å². The molecular formula is C23H30O5S. The maximum Gasteiger partial charge on any atom is 0.350 e. The van der Waals surface area contributed by atoms with Crippen LogP contribution >= 0.6 is 12.0 Å². The lowest BCUT2D eigenvalue weighted by atomic mass is 10.0. The van der Waals surface area contributed by atoms with Gasteiger partial charge in [-0.15, -0.1) is 0 Å². The molecule has 0 heterocycles. The third kappa shape index (κ3) is 7.20. The molecule has 0 aliphatic heterocycles. The van der Waals surface area contributed by atoms with Crippen LogP contribution in [0.2, 0.25) is 0 Å². The van der Waals surface area contributed by atoms with Crippen LogP contribution in [0, 0.1) is 0 Å². The molecule has 1 unspecified atom stereocenters. The molecule has 0 radical (unpaired) electrons.